The molecule has 0 amide bonds. The number of nitrogens with one attached hydrogen (secondary N) is 1. The lowest BCUT2D eigenvalue weighted by Crippen LogP contribution is -2.37. The summed E-state index contributed by atoms with van der Waals surface area (Å²) in [5, 5.41) is 7.66. The third kappa shape index (κ3) is 3.43. The van der Waals surface area contributed by atoms with Crippen LogP contribution in [0.2, 0.25) is 0 Å². The highest BCUT2D eigenvalue weighted by Gasteiger charge is 2.11. The lowest BCUT2D eigenvalue weighted by atomic mass is 10.1. The van der Waals surface area contributed by atoms with Gasteiger partial charge in [-0.25, -0.2) is 4.98 Å². The van der Waals surface area contributed by atoms with E-state index in [0.29, 0.717) is 0 Å². The fourth-order valence-corrected chi connectivity index (χ4v) is 2.55. The number of aryl methyl sites for hydroxylation is 1. The van der Waals surface area contributed by atoms with E-state index in [9.17, 15) is 0 Å². The van der Waals surface area contributed by atoms with Crippen molar-refractivity contribution < 1.29 is 4.42 Å². The number of hydrogen-bond donors (Lipinski definition) is 1. The molecular formula is C14H20N2OS. The quantitative estimate of drug-likeness (QED) is 0.916. The van der Waals surface area contributed by atoms with Crippen molar-refractivity contribution in [2.75, 3.05) is 6.54 Å². The summed E-state index contributed by atoms with van der Waals surface area (Å²) in [5.41, 5.74) is 2.54. The molecule has 0 saturated carbocycles. The zero-order valence-electron chi connectivity index (χ0n) is 11.4. The van der Waals surface area contributed by atoms with Crippen LogP contribution in [0.5, 0.6) is 0 Å². The monoisotopic (exact) mass is 264 g/mol. The summed E-state index contributed by atoms with van der Waals surface area (Å²) in [7, 11) is 0. The third-order valence-corrected chi connectivity index (χ3v) is 3.53. The van der Waals surface area contributed by atoms with Crippen molar-refractivity contribution in [2.45, 2.75) is 39.7 Å². The molecule has 0 aliphatic carbocycles. The first-order valence-electron chi connectivity index (χ1n) is 6.18. The fourth-order valence-electron chi connectivity index (χ4n) is 1.71. The molecule has 0 aromatic carbocycles. The predicted octanol–water partition coefficient (Wildman–Crippen LogP) is 3.64. The Hall–Kier alpha value is -1.13. The third-order valence-electron chi connectivity index (χ3n) is 2.67. The average Bonchev–Trinajstić information content (AvgIpc) is 2.84. The summed E-state index contributed by atoms with van der Waals surface area (Å²) in [4.78, 5) is 4.33. The fraction of sp³-hybridized carbons (Fsp3) is 0.500. The number of aromatic nitrogens is 1. The molecule has 0 bridgehead atoms. The van der Waals surface area contributed by atoms with Crippen LogP contribution in [0.15, 0.2) is 21.4 Å². The van der Waals surface area contributed by atoms with Crippen molar-refractivity contribution >= 4 is 11.3 Å². The summed E-state index contributed by atoms with van der Waals surface area (Å²) in [6, 6.07) is 0. The maximum absolute atomic E-state index is 5.78. The van der Waals surface area contributed by atoms with Crippen molar-refractivity contribution in [1.29, 1.82) is 0 Å². The van der Waals surface area contributed by atoms with E-state index in [1.165, 1.54) is 5.56 Å². The molecule has 4 heteroatoms. The van der Waals surface area contributed by atoms with E-state index in [4.69, 9.17) is 4.42 Å². The highest BCUT2D eigenvalue weighted by Crippen LogP contribution is 2.27. The first-order chi connectivity index (χ1) is 8.46. The molecular weight excluding hydrogens is 244 g/mol. The van der Waals surface area contributed by atoms with Crippen LogP contribution in [0.3, 0.4) is 0 Å². The van der Waals surface area contributed by atoms with Gasteiger partial charge in [-0.05, 0) is 38.6 Å². The molecule has 18 heavy (non-hydrogen) atoms. The standard InChI is InChI=1S/C14H20N2OS/c1-10-8-18-9-11(10)12-7-15-13(17-12)5-6-16-14(2,3)4/h7-9,16H,5-6H2,1-4H3. The van der Waals surface area contributed by atoms with Crippen molar-refractivity contribution in [2.24, 2.45) is 0 Å². The molecule has 98 valence electrons. The van der Waals surface area contributed by atoms with Crippen LogP contribution < -0.4 is 5.32 Å². The minimum absolute atomic E-state index is 0.138. The minimum atomic E-state index is 0.138. The van der Waals surface area contributed by atoms with Crippen LogP contribution >= 0.6 is 11.3 Å². The zero-order chi connectivity index (χ0) is 13.2. The molecule has 2 aromatic heterocycles. The topological polar surface area (TPSA) is 38.1 Å². The van der Waals surface area contributed by atoms with Gasteiger partial charge < -0.3 is 9.73 Å². The number of hydrogen-bond acceptors (Lipinski definition) is 4. The molecule has 1 N–H and O–H groups in total. The molecule has 0 radical (unpaired) electrons. The Bertz CT molecular complexity index is 508. The number of nitrogens with zero attached hydrogens (tertiary/aromatic N) is 1. The number of rotatable bonds is 4. The van der Waals surface area contributed by atoms with Crippen LogP contribution in [0.25, 0.3) is 11.3 Å². The van der Waals surface area contributed by atoms with E-state index in [0.717, 1.165) is 30.2 Å². The van der Waals surface area contributed by atoms with Gasteiger partial charge in [-0.15, -0.1) is 0 Å². The molecule has 2 heterocycles. The summed E-state index contributed by atoms with van der Waals surface area (Å²) in [5.74, 6) is 1.67. The molecule has 0 atom stereocenters. The Morgan fingerprint density at radius 2 is 2.11 bits per heavy atom. The van der Waals surface area contributed by atoms with Gasteiger partial charge in [0.05, 0.1) is 6.20 Å². The second-order valence-electron chi connectivity index (χ2n) is 5.51. The lowest BCUT2D eigenvalue weighted by Gasteiger charge is -2.19. The van der Waals surface area contributed by atoms with Crippen LogP contribution in [-0.4, -0.2) is 17.1 Å². The number of thiophene rings is 1. The van der Waals surface area contributed by atoms with E-state index >= 15 is 0 Å². The largest absolute Gasteiger partial charge is 0.441 e. The van der Waals surface area contributed by atoms with E-state index in [-0.39, 0.29) is 5.54 Å². The Morgan fingerprint density at radius 3 is 2.72 bits per heavy atom. The molecule has 0 spiro atoms. The van der Waals surface area contributed by atoms with Gasteiger partial charge in [0.25, 0.3) is 0 Å². The van der Waals surface area contributed by atoms with Gasteiger partial charge in [-0.3, -0.25) is 0 Å². The van der Waals surface area contributed by atoms with Gasteiger partial charge in [0.1, 0.15) is 0 Å². The molecule has 0 saturated heterocycles. The zero-order valence-corrected chi connectivity index (χ0v) is 12.2. The summed E-state index contributed by atoms with van der Waals surface area (Å²) in [6.07, 6.45) is 2.64. The van der Waals surface area contributed by atoms with E-state index in [2.05, 4.69) is 48.8 Å². The van der Waals surface area contributed by atoms with Crippen LogP contribution in [0.1, 0.15) is 32.2 Å². The first kappa shape index (κ1) is 13.3. The Kier molecular flexibility index (Phi) is 3.88. The second kappa shape index (κ2) is 5.24. The predicted molar refractivity (Wildman–Crippen MR) is 76.0 cm³/mol. The normalized spacial score (nSPS) is 12.0. The minimum Gasteiger partial charge on any atom is -0.441 e. The van der Waals surface area contributed by atoms with E-state index < -0.39 is 0 Å². The van der Waals surface area contributed by atoms with Gasteiger partial charge in [0.15, 0.2) is 11.7 Å². The lowest BCUT2D eigenvalue weighted by molar-refractivity contribution is 0.412. The SMILES string of the molecule is Cc1cscc1-c1cnc(CCNC(C)(C)C)o1. The smallest absolute Gasteiger partial charge is 0.196 e. The van der Waals surface area contributed by atoms with E-state index in [1.54, 1.807) is 11.3 Å². The first-order valence-corrected chi connectivity index (χ1v) is 7.13. The Labute approximate surface area is 112 Å². The summed E-state index contributed by atoms with van der Waals surface area (Å²) >= 11 is 1.69. The molecule has 0 aliphatic heterocycles. The summed E-state index contributed by atoms with van der Waals surface area (Å²) in [6.45, 7) is 9.44. The molecule has 2 rings (SSSR count). The van der Waals surface area contributed by atoms with Crippen molar-refractivity contribution in [3.63, 3.8) is 0 Å². The molecule has 0 fully saturated rings. The second-order valence-corrected chi connectivity index (χ2v) is 6.26. The molecule has 3 nitrogen and oxygen atoms in total. The van der Waals surface area contributed by atoms with Crippen molar-refractivity contribution in [1.82, 2.24) is 10.3 Å². The van der Waals surface area contributed by atoms with Gasteiger partial charge in [-0.2, -0.15) is 11.3 Å². The van der Waals surface area contributed by atoms with Gasteiger partial charge >= 0.3 is 0 Å². The average molecular weight is 264 g/mol. The van der Waals surface area contributed by atoms with Gasteiger partial charge in [0, 0.05) is 29.4 Å². The van der Waals surface area contributed by atoms with Gasteiger partial charge in [0.2, 0.25) is 0 Å². The Balaban J connectivity index is 1.97. The highest BCUT2D eigenvalue weighted by atomic mass is 32.1. The Morgan fingerprint density at radius 1 is 1.33 bits per heavy atom. The van der Waals surface area contributed by atoms with Crippen molar-refractivity contribution in [3.8, 4) is 11.3 Å². The highest BCUT2D eigenvalue weighted by molar-refractivity contribution is 7.08. The molecule has 2 aromatic rings. The molecule has 0 aliphatic rings. The maximum atomic E-state index is 5.78. The maximum Gasteiger partial charge on any atom is 0.196 e. The van der Waals surface area contributed by atoms with Crippen molar-refractivity contribution in [3.05, 3.63) is 28.4 Å². The molecule has 0 unspecified atom stereocenters. The van der Waals surface area contributed by atoms with E-state index in [1.807, 2.05) is 6.20 Å². The van der Waals surface area contributed by atoms with Crippen LogP contribution in [-0.2, 0) is 6.42 Å². The van der Waals surface area contributed by atoms with Crippen LogP contribution in [0.4, 0.5) is 0 Å². The van der Waals surface area contributed by atoms with Gasteiger partial charge in [-0.1, -0.05) is 0 Å². The summed E-state index contributed by atoms with van der Waals surface area (Å²) < 4.78 is 5.78. The van der Waals surface area contributed by atoms with Crippen LogP contribution in [0, 0.1) is 6.92 Å². The number of oxazole rings is 1.